The van der Waals surface area contributed by atoms with Crippen molar-refractivity contribution in [3.8, 4) is 17.2 Å². The number of hydrogen-bond acceptors (Lipinski definition) is 11. The number of carbonyl (C=O) groups is 2. The third-order valence-electron chi connectivity index (χ3n) is 5.52. The van der Waals surface area contributed by atoms with Crippen LogP contribution in [-0.4, -0.2) is 79.2 Å². The van der Waals surface area contributed by atoms with Gasteiger partial charge < -0.3 is 36.1 Å². The fourth-order valence-electron chi connectivity index (χ4n) is 3.41. The van der Waals surface area contributed by atoms with Gasteiger partial charge >= 0.3 is 0 Å². The van der Waals surface area contributed by atoms with Gasteiger partial charge in [-0.05, 0) is 31.9 Å². The molecule has 0 spiro atoms. The highest BCUT2D eigenvalue weighted by Crippen LogP contribution is 2.38. The second-order valence-electron chi connectivity index (χ2n) is 8.88. The second kappa shape index (κ2) is 10.8. The third-order valence-corrected chi connectivity index (χ3v) is 5.52. The van der Waals surface area contributed by atoms with Crippen molar-refractivity contribution in [2.75, 3.05) is 17.7 Å². The van der Waals surface area contributed by atoms with E-state index in [1.807, 2.05) is 0 Å². The van der Waals surface area contributed by atoms with Crippen LogP contribution in [0, 0.1) is 5.92 Å². The number of aliphatic hydroxyl groups excluding tert-OH is 1. The van der Waals surface area contributed by atoms with E-state index in [9.17, 15) is 14.7 Å². The lowest BCUT2D eigenvalue weighted by Crippen LogP contribution is -2.50. The summed E-state index contributed by atoms with van der Waals surface area (Å²) in [5.41, 5.74) is 6.59. The summed E-state index contributed by atoms with van der Waals surface area (Å²) < 4.78 is 10.9. The van der Waals surface area contributed by atoms with E-state index in [0.29, 0.717) is 11.3 Å². The van der Waals surface area contributed by atoms with Gasteiger partial charge in [-0.3, -0.25) is 9.59 Å². The van der Waals surface area contributed by atoms with E-state index in [1.54, 1.807) is 18.2 Å². The maximum absolute atomic E-state index is 12.8. The number of carbonyl (C=O) groups excluding carboxylic acids is 2. The molecule has 13 nitrogen and oxygen atoms in total. The molecule has 2 atom stereocenters. The maximum atomic E-state index is 12.8. The lowest BCUT2D eigenvalue weighted by atomic mass is 9.49. The van der Waals surface area contributed by atoms with Crippen molar-refractivity contribution >= 4 is 52.5 Å². The first-order chi connectivity index (χ1) is 18.0. The lowest BCUT2D eigenvalue weighted by Gasteiger charge is -2.23. The van der Waals surface area contributed by atoms with Gasteiger partial charge in [0.05, 0.1) is 59.7 Å². The minimum Gasteiger partial charge on any atom is -0.494 e. The molecule has 38 heavy (non-hydrogen) atoms. The van der Waals surface area contributed by atoms with E-state index in [2.05, 4.69) is 36.3 Å². The standard InChI is InChI=1S/C22H23B3N8O5/c1-9(34)15(26)18-29-21(38-33-18)11-4-3-5-12(17(11)37-2)27-13-8-14(28-19(35)10-6-7-10)31-32-16(13)20(36)30-22(23,24)25/h3-5,8-10,15,34H,6-7,26H2,1-2H3,(H,30,36)(H2,27,28,31,35)/t9-,15+/m0/s1. The molecule has 3 aromatic rings. The molecular weight excluding hydrogens is 489 g/mol. The molecule has 0 saturated heterocycles. The number of rotatable bonds is 10. The number of nitrogens with two attached hydrogens (primary N) is 1. The molecule has 1 saturated carbocycles. The van der Waals surface area contributed by atoms with E-state index in [4.69, 9.17) is 38.5 Å². The number of anilines is 3. The number of methoxy groups -OCH3 is 1. The minimum absolute atomic E-state index is 0.0819. The van der Waals surface area contributed by atoms with Crippen molar-refractivity contribution in [1.82, 2.24) is 25.7 Å². The summed E-state index contributed by atoms with van der Waals surface area (Å²) >= 11 is 0. The highest BCUT2D eigenvalue weighted by atomic mass is 16.5. The quantitative estimate of drug-likeness (QED) is 0.227. The summed E-state index contributed by atoms with van der Waals surface area (Å²) in [6.45, 7) is 1.51. The Labute approximate surface area is 221 Å². The van der Waals surface area contributed by atoms with Crippen LogP contribution >= 0.6 is 0 Å². The molecule has 1 aliphatic carbocycles. The number of aliphatic hydroxyl groups is 1. The number of nitrogens with zero attached hydrogens (tertiary/aromatic N) is 4. The first-order valence-electron chi connectivity index (χ1n) is 11.6. The smallest absolute Gasteiger partial charge is 0.272 e. The van der Waals surface area contributed by atoms with Crippen LogP contribution < -0.4 is 26.4 Å². The minimum atomic E-state index is -2.02. The molecular formula is C22H23B3N8O5. The average Bonchev–Trinajstić information content (AvgIpc) is 3.59. The van der Waals surface area contributed by atoms with Gasteiger partial charge in [0.15, 0.2) is 23.1 Å². The van der Waals surface area contributed by atoms with Gasteiger partial charge in [0, 0.05) is 12.0 Å². The number of aromatic nitrogens is 4. The Kier molecular flexibility index (Phi) is 7.74. The lowest BCUT2D eigenvalue weighted by molar-refractivity contribution is -0.117. The molecule has 190 valence electrons. The van der Waals surface area contributed by atoms with Gasteiger partial charge in [0.2, 0.25) is 5.91 Å². The molecule has 2 amide bonds. The zero-order valence-corrected chi connectivity index (χ0v) is 20.6. The highest BCUT2D eigenvalue weighted by Gasteiger charge is 2.30. The van der Waals surface area contributed by atoms with Gasteiger partial charge in [-0.15, -0.1) is 10.2 Å². The van der Waals surface area contributed by atoms with Crippen LogP contribution in [0.15, 0.2) is 28.8 Å². The van der Waals surface area contributed by atoms with E-state index >= 15 is 0 Å². The van der Waals surface area contributed by atoms with Crippen LogP contribution in [0.5, 0.6) is 5.75 Å². The summed E-state index contributed by atoms with van der Waals surface area (Å²) in [5.74, 6) is -0.529. The Morgan fingerprint density at radius 2 is 1.97 bits per heavy atom. The van der Waals surface area contributed by atoms with E-state index < -0.39 is 23.3 Å². The Bertz CT molecular complexity index is 1340. The number of benzene rings is 1. The second-order valence-corrected chi connectivity index (χ2v) is 8.88. The molecule has 0 bridgehead atoms. The van der Waals surface area contributed by atoms with Gasteiger partial charge in [-0.2, -0.15) is 4.98 Å². The molecule has 2 aromatic heterocycles. The van der Waals surface area contributed by atoms with Gasteiger partial charge in [0.1, 0.15) is 0 Å². The topological polar surface area (TPSA) is 190 Å². The van der Waals surface area contributed by atoms with E-state index in [1.165, 1.54) is 20.1 Å². The molecule has 1 aliphatic rings. The summed E-state index contributed by atoms with van der Waals surface area (Å²) in [4.78, 5) is 29.3. The molecule has 0 aliphatic heterocycles. The Balaban J connectivity index is 1.71. The fraction of sp³-hybridized carbons (Fsp3) is 0.364. The molecule has 1 fully saturated rings. The van der Waals surface area contributed by atoms with Crippen molar-refractivity contribution < 1.29 is 24.0 Å². The van der Waals surface area contributed by atoms with Gasteiger partial charge in [-0.1, -0.05) is 16.5 Å². The van der Waals surface area contributed by atoms with Gasteiger partial charge in [-0.25, -0.2) is 0 Å². The highest BCUT2D eigenvalue weighted by molar-refractivity contribution is 6.60. The van der Waals surface area contributed by atoms with Crippen molar-refractivity contribution in [1.29, 1.82) is 0 Å². The number of ether oxygens (including phenoxy) is 1. The van der Waals surface area contributed by atoms with Crippen LogP contribution in [0.1, 0.15) is 42.1 Å². The molecule has 2 heterocycles. The van der Waals surface area contributed by atoms with Crippen molar-refractivity contribution in [3.63, 3.8) is 0 Å². The average molecular weight is 512 g/mol. The largest absolute Gasteiger partial charge is 0.494 e. The Morgan fingerprint density at radius 1 is 1.24 bits per heavy atom. The first kappa shape index (κ1) is 27.1. The Morgan fingerprint density at radius 3 is 2.61 bits per heavy atom. The zero-order chi connectivity index (χ0) is 27.6. The number of para-hydroxylation sites is 1. The summed E-state index contributed by atoms with van der Waals surface area (Å²) in [5, 5.41) is 27.4. The molecule has 6 radical (unpaired) electrons. The normalized spacial score (nSPS) is 14.8. The number of nitrogens with one attached hydrogen (secondary N) is 3. The third kappa shape index (κ3) is 6.32. The van der Waals surface area contributed by atoms with Crippen LogP contribution in [-0.2, 0) is 4.79 Å². The first-order valence-corrected chi connectivity index (χ1v) is 11.6. The van der Waals surface area contributed by atoms with Crippen molar-refractivity contribution in [2.45, 2.75) is 37.1 Å². The monoisotopic (exact) mass is 512 g/mol. The fourth-order valence-corrected chi connectivity index (χ4v) is 3.41. The van der Waals surface area contributed by atoms with Crippen LogP contribution in [0.2, 0.25) is 0 Å². The van der Waals surface area contributed by atoms with E-state index in [-0.39, 0.29) is 46.5 Å². The van der Waals surface area contributed by atoms with Crippen LogP contribution in [0.25, 0.3) is 11.5 Å². The summed E-state index contributed by atoms with van der Waals surface area (Å²) in [7, 11) is 18.0. The predicted molar refractivity (Wildman–Crippen MR) is 139 cm³/mol. The predicted octanol–water partition coefficient (Wildman–Crippen LogP) is -0.145. The molecule has 16 heteroatoms. The number of amides is 2. The van der Waals surface area contributed by atoms with Crippen molar-refractivity contribution in [3.05, 3.63) is 35.8 Å². The molecule has 0 unspecified atom stereocenters. The van der Waals surface area contributed by atoms with Crippen LogP contribution in [0.4, 0.5) is 17.2 Å². The molecule has 4 rings (SSSR count). The molecule has 6 N–H and O–H groups in total. The maximum Gasteiger partial charge on any atom is 0.272 e. The van der Waals surface area contributed by atoms with Crippen molar-refractivity contribution in [2.24, 2.45) is 11.7 Å². The summed E-state index contributed by atoms with van der Waals surface area (Å²) in [6, 6.07) is 5.57. The summed E-state index contributed by atoms with van der Waals surface area (Å²) in [6.07, 6.45) is 0.683. The van der Waals surface area contributed by atoms with Crippen LogP contribution in [0.3, 0.4) is 0 Å². The number of hydrogen-bond donors (Lipinski definition) is 5. The van der Waals surface area contributed by atoms with Gasteiger partial charge in [0.25, 0.3) is 11.8 Å². The Hall–Kier alpha value is -3.91. The molecule has 1 aromatic carbocycles. The SMILES string of the molecule is [B]C([B])([B])NC(=O)c1nnc(NC(=O)C2CC2)cc1Nc1cccc(-c2nc([C@H](N)[C@H](C)O)no2)c1OC. The zero-order valence-electron chi connectivity index (χ0n) is 20.6. The van der Waals surface area contributed by atoms with E-state index in [0.717, 1.165) is 12.8 Å².